The zero-order valence-electron chi connectivity index (χ0n) is 21.0. The molecule has 1 N–H and O–H groups in total. The number of aromatic nitrogens is 2. The zero-order chi connectivity index (χ0) is 26.3. The number of nitrogens with zero attached hydrogens (tertiary/aromatic N) is 3. The largest absolute Gasteiger partial charge is 0.465 e. The Morgan fingerprint density at radius 3 is 2.54 bits per heavy atom. The van der Waals surface area contributed by atoms with Crippen molar-refractivity contribution in [3.63, 3.8) is 0 Å². The molecule has 188 valence electrons. The lowest BCUT2D eigenvalue weighted by molar-refractivity contribution is 0.0600. The highest BCUT2D eigenvalue weighted by molar-refractivity contribution is 9.10. The van der Waals surface area contributed by atoms with Crippen LogP contribution in [0.15, 0.2) is 77.4 Å². The van der Waals surface area contributed by atoms with E-state index >= 15 is 0 Å². The maximum atomic E-state index is 12.2. The predicted octanol–water partition coefficient (Wildman–Crippen LogP) is 6.52. The van der Waals surface area contributed by atoms with Gasteiger partial charge in [-0.1, -0.05) is 28.1 Å². The zero-order valence-corrected chi connectivity index (χ0v) is 23.4. The Morgan fingerprint density at radius 1 is 1.03 bits per heavy atom. The van der Waals surface area contributed by atoms with Crippen LogP contribution in [-0.4, -0.2) is 27.7 Å². The maximum absolute atomic E-state index is 12.2. The molecule has 3 heterocycles. The number of esters is 1. The molecule has 0 bridgehead atoms. The number of carbonyl (C=O) groups excluding carboxylic acids is 1. The number of ether oxygens (including phenoxy) is 1. The van der Waals surface area contributed by atoms with Crippen LogP contribution in [-0.2, 0) is 4.74 Å². The Morgan fingerprint density at radius 2 is 1.84 bits per heavy atom. The molecule has 2 aromatic carbocycles. The standard InChI is InChI=1S/C29H27BrN4O2S/c1-17-14-22(11-12-24(17)30)34-27(26(32-29(34)37)25-10-5-6-13-31-25)23-15-18(2)33(19(23)3)21-9-7-8-20(16-21)28(35)36-4/h5-16,26-27H,1-4H3,(H,32,37)/t26-,27-/m1/s1. The summed E-state index contributed by atoms with van der Waals surface area (Å²) in [4.78, 5) is 19.1. The Labute approximate surface area is 230 Å². The molecule has 37 heavy (non-hydrogen) atoms. The van der Waals surface area contributed by atoms with Crippen molar-refractivity contribution >= 4 is 44.9 Å². The van der Waals surface area contributed by atoms with Crippen LogP contribution < -0.4 is 10.2 Å². The molecule has 6 nitrogen and oxygen atoms in total. The van der Waals surface area contributed by atoms with Crippen LogP contribution >= 0.6 is 28.1 Å². The molecule has 0 spiro atoms. The number of rotatable bonds is 5. The summed E-state index contributed by atoms with van der Waals surface area (Å²) < 4.78 is 8.16. The SMILES string of the molecule is COC(=O)c1cccc(-n2c(C)cc([C@@H]3[C@@H](c4ccccn4)NC(=S)N3c3ccc(Br)c(C)c3)c2C)c1. The predicted molar refractivity (Wildman–Crippen MR) is 153 cm³/mol. The van der Waals surface area contributed by atoms with E-state index in [-0.39, 0.29) is 18.1 Å². The quantitative estimate of drug-likeness (QED) is 0.216. The number of hydrogen-bond acceptors (Lipinski definition) is 4. The van der Waals surface area contributed by atoms with Crippen molar-refractivity contribution in [1.29, 1.82) is 0 Å². The topological polar surface area (TPSA) is 59.4 Å². The molecule has 2 atom stereocenters. The Hall–Kier alpha value is -3.49. The van der Waals surface area contributed by atoms with E-state index in [2.05, 4.69) is 80.7 Å². The monoisotopic (exact) mass is 574 g/mol. The second kappa shape index (κ2) is 10.1. The average molecular weight is 576 g/mol. The van der Waals surface area contributed by atoms with Crippen molar-refractivity contribution in [2.24, 2.45) is 0 Å². The van der Waals surface area contributed by atoms with E-state index in [9.17, 15) is 4.79 Å². The van der Waals surface area contributed by atoms with Gasteiger partial charge in [-0.25, -0.2) is 4.79 Å². The first kappa shape index (κ1) is 25.2. The summed E-state index contributed by atoms with van der Waals surface area (Å²) in [7, 11) is 1.39. The van der Waals surface area contributed by atoms with E-state index in [0.29, 0.717) is 10.7 Å². The maximum Gasteiger partial charge on any atom is 0.337 e. The van der Waals surface area contributed by atoms with Gasteiger partial charge in [0, 0.05) is 33.4 Å². The summed E-state index contributed by atoms with van der Waals surface area (Å²) >= 11 is 9.53. The summed E-state index contributed by atoms with van der Waals surface area (Å²) in [6.45, 7) is 6.26. The molecule has 1 fully saturated rings. The van der Waals surface area contributed by atoms with Crippen LogP contribution in [0.1, 0.15) is 50.7 Å². The smallest absolute Gasteiger partial charge is 0.337 e. The Bertz CT molecular complexity index is 1500. The van der Waals surface area contributed by atoms with E-state index in [1.165, 1.54) is 7.11 Å². The fourth-order valence-corrected chi connectivity index (χ4v) is 5.69. The van der Waals surface area contributed by atoms with Gasteiger partial charge in [-0.15, -0.1) is 0 Å². The lowest BCUT2D eigenvalue weighted by Crippen LogP contribution is -2.29. The second-order valence-corrected chi connectivity index (χ2v) is 10.4. The number of nitrogens with one attached hydrogen (secondary N) is 1. The molecule has 0 aliphatic carbocycles. The lowest BCUT2D eigenvalue weighted by Gasteiger charge is -2.28. The normalized spacial score (nSPS) is 17.1. The lowest BCUT2D eigenvalue weighted by atomic mass is 9.96. The highest BCUT2D eigenvalue weighted by Crippen LogP contribution is 2.44. The van der Waals surface area contributed by atoms with Crippen molar-refractivity contribution in [1.82, 2.24) is 14.9 Å². The third-order valence-electron chi connectivity index (χ3n) is 6.83. The van der Waals surface area contributed by atoms with Crippen molar-refractivity contribution in [3.8, 4) is 5.69 Å². The second-order valence-electron chi connectivity index (χ2n) is 9.13. The molecule has 0 unspecified atom stereocenters. The highest BCUT2D eigenvalue weighted by Gasteiger charge is 2.42. The van der Waals surface area contributed by atoms with Gasteiger partial charge >= 0.3 is 5.97 Å². The molecular formula is C29H27BrN4O2S. The van der Waals surface area contributed by atoms with E-state index in [4.69, 9.17) is 17.0 Å². The summed E-state index contributed by atoms with van der Waals surface area (Å²) in [5.74, 6) is -0.359. The first-order valence-electron chi connectivity index (χ1n) is 11.9. The molecule has 0 radical (unpaired) electrons. The van der Waals surface area contributed by atoms with Crippen LogP contribution in [0.25, 0.3) is 5.69 Å². The van der Waals surface area contributed by atoms with Gasteiger partial charge in [-0.05, 0) is 98.7 Å². The fraction of sp³-hybridized carbons (Fsp3) is 0.207. The molecule has 1 aliphatic rings. The number of pyridine rings is 1. The fourth-order valence-electron chi connectivity index (χ4n) is 5.10. The number of halogens is 1. The van der Waals surface area contributed by atoms with Crippen LogP contribution in [0.3, 0.4) is 0 Å². The molecule has 0 saturated carbocycles. The Kier molecular flexibility index (Phi) is 6.88. The van der Waals surface area contributed by atoms with Crippen LogP contribution in [0.4, 0.5) is 5.69 Å². The van der Waals surface area contributed by atoms with Crippen molar-refractivity contribution in [2.75, 3.05) is 12.0 Å². The minimum absolute atomic E-state index is 0.133. The third-order valence-corrected chi connectivity index (χ3v) is 8.04. The highest BCUT2D eigenvalue weighted by atomic mass is 79.9. The van der Waals surface area contributed by atoms with E-state index in [1.54, 1.807) is 6.07 Å². The van der Waals surface area contributed by atoms with Gasteiger partial charge < -0.3 is 19.5 Å². The molecule has 8 heteroatoms. The molecule has 2 aromatic heterocycles. The van der Waals surface area contributed by atoms with Gasteiger partial charge in [0.2, 0.25) is 0 Å². The molecular weight excluding hydrogens is 548 g/mol. The number of hydrogen-bond donors (Lipinski definition) is 1. The van der Waals surface area contributed by atoms with E-state index in [1.807, 2.05) is 42.6 Å². The van der Waals surface area contributed by atoms with Gasteiger partial charge in [-0.3, -0.25) is 4.98 Å². The number of benzene rings is 2. The van der Waals surface area contributed by atoms with Crippen LogP contribution in [0.5, 0.6) is 0 Å². The molecule has 4 aromatic rings. The first-order valence-corrected chi connectivity index (χ1v) is 13.1. The van der Waals surface area contributed by atoms with Gasteiger partial charge in [-0.2, -0.15) is 0 Å². The van der Waals surface area contributed by atoms with E-state index in [0.717, 1.165) is 44.1 Å². The third kappa shape index (κ3) is 4.55. The molecule has 0 amide bonds. The first-order chi connectivity index (χ1) is 17.8. The number of carbonyl (C=O) groups is 1. The van der Waals surface area contributed by atoms with Crippen molar-refractivity contribution in [2.45, 2.75) is 32.9 Å². The van der Waals surface area contributed by atoms with Gasteiger partial charge in [0.1, 0.15) is 0 Å². The van der Waals surface area contributed by atoms with Crippen LogP contribution in [0.2, 0.25) is 0 Å². The van der Waals surface area contributed by atoms with Crippen LogP contribution in [0, 0.1) is 20.8 Å². The molecule has 1 aliphatic heterocycles. The van der Waals surface area contributed by atoms with E-state index < -0.39 is 0 Å². The van der Waals surface area contributed by atoms with Crippen molar-refractivity contribution < 1.29 is 9.53 Å². The van der Waals surface area contributed by atoms with Crippen molar-refractivity contribution in [3.05, 3.63) is 111 Å². The molecule has 5 rings (SSSR count). The summed E-state index contributed by atoms with van der Waals surface area (Å²) in [5, 5.41) is 4.19. The van der Waals surface area contributed by atoms with Gasteiger partial charge in [0.15, 0.2) is 5.11 Å². The average Bonchev–Trinajstić information content (AvgIpc) is 3.40. The summed E-state index contributed by atoms with van der Waals surface area (Å²) in [6.07, 6.45) is 1.81. The number of thiocarbonyl (C=S) groups is 1. The molecule has 1 saturated heterocycles. The number of methoxy groups -OCH3 is 1. The summed E-state index contributed by atoms with van der Waals surface area (Å²) in [5.41, 5.74) is 7.72. The number of anilines is 1. The summed E-state index contributed by atoms with van der Waals surface area (Å²) in [6, 6.07) is 21.7. The Balaban J connectivity index is 1.67. The minimum atomic E-state index is -0.359. The van der Waals surface area contributed by atoms with Gasteiger partial charge in [0.25, 0.3) is 0 Å². The minimum Gasteiger partial charge on any atom is -0.465 e. The van der Waals surface area contributed by atoms with Gasteiger partial charge in [0.05, 0.1) is 30.5 Å². The number of aryl methyl sites for hydroxylation is 2.